The van der Waals surface area contributed by atoms with E-state index in [1.807, 2.05) is 19.9 Å². The van der Waals surface area contributed by atoms with Gasteiger partial charge in [-0.3, -0.25) is 14.8 Å². The van der Waals surface area contributed by atoms with E-state index in [2.05, 4.69) is 10.3 Å². The Morgan fingerprint density at radius 3 is 2.96 bits per heavy atom. The SMILES string of the molecule is CCOc1ccc(F)c(-c2ccnc(C3=NC4(CC3)CC(=O)N[C@@H](C)C4)c2)c1. The summed E-state index contributed by atoms with van der Waals surface area (Å²) in [6, 6.07) is 8.55. The van der Waals surface area contributed by atoms with E-state index in [1.54, 1.807) is 24.4 Å². The molecule has 2 atom stereocenters. The molecule has 1 aromatic heterocycles. The number of hydrogen-bond donors (Lipinski definition) is 1. The first-order chi connectivity index (χ1) is 13.5. The molecule has 5 nitrogen and oxygen atoms in total. The quantitative estimate of drug-likeness (QED) is 0.873. The normalized spacial score (nSPS) is 24.2. The van der Waals surface area contributed by atoms with Gasteiger partial charge in [0, 0.05) is 17.8 Å². The number of pyridine rings is 1. The minimum atomic E-state index is -0.325. The van der Waals surface area contributed by atoms with E-state index in [4.69, 9.17) is 9.73 Å². The summed E-state index contributed by atoms with van der Waals surface area (Å²) >= 11 is 0. The summed E-state index contributed by atoms with van der Waals surface area (Å²) in [7, 11) is 0. The molecule has 0 aliphatic carbocycles. The fourth-order valence-corrected chi connectivity index (χ4v) is 4.27. The predicted octanol–water partition coefficient (Wildman–Crippen LogP) is 3.91. The number of amides is 1. The van der Waals surface area contributed by atoms with Crippen molar-refractivity contribution < 1.29 is 13.9 Å². The van der Waals surface area contributed by atoms with Gasteiger partial charge in [0.1, 0.15) is 11.6 Å². The van der Waals surface area contributed by atoms with Crippen LogP contribution in [0.15, 0.2) is 41.5 Å². The Balaban J connectivity index is 1.66. The number of carbonyl (C=O) groups excluding carboxylic acids is 1. The van der Waals surface area contributed by atoms with E-state index < -0.39 is 0 Å². The molecule has 0 radical (unpaired) electrons. The summed E-state index contributed by atoms with van der Waals surface area (Å²) in [5.41, 5.74) is 2.53. The average Bonchev–Trinajstić information content (AvgIpc) is 3.05. The second kappa shape index (κ2) is 7.34. The molecule has 1 fully saturated rings. The first-order valence-electron chi connectivity index (χ1n) is 9.75. The number of benzene rings is 1. The number of aliphatic imine (C=N–C) groups is 1. The molecule has 1 unspecified atom stereocenters. The maximum Gasteiger partial charge on any atom is 0.222 e. The number of nitrogens with one attached hydrogen (secondary N) is 1. The molecule has 0 saturated carbocycles. The van der Waals surface area contributed by atoms with E-state index in [1.165, 1.54) is 6.07 Å². The Hall–Kier alpha value is -2.76. The highest BCUT2D eigenvalue weighted by atomic mass is 19.1. The number of aromatic nitrogens is 1. The summed E-state index contributed by atoms with van der Waals surface area (Å²) in [5, 5.41) is 2.96. The number of rotatable bonds is 4. The van der Waals surface area contributed by atoms with Gasteiger partial charge in [-0.25, -0.2) is 4.39 Å². The molecule has 1 spiro atoms. The van der Waals surface area contributed by atoms with Gasteiger partial charge in [-0.2, -0.15) is 0 Å². The molecular weight excluding hydrogens is 357 g/mol. The number of ether oxygens (including phenoxy) is 1. The molecule has 2 aromatic rings. The van der Waals surface area contributed by atoms with Crippen molar-refractivity contribution >= 4 is 11.6 Å². The predicted molar refractivity (Wildman–Crippen MR) is 106 cm³/mol. The van der Waals surface area contributed by atoms with Crippen molar-refractivity contribution in [2.45, 2.75) is 51.1 Å². The van der Waals surface area contributed by atoms with Gasteiger partial charge in [0.2, 0.25) is 5.91 Å². The molecule has 28 heavy (non-hydrogen) atoms. The van der Waals surface area contributed by atoms with Gasteiger partial charge in [0.05, 0.1) is 30.0 Å². The third-order valence-corrected chi connectivity index (χ3v) is 5.40. The first-order valence-corrected chi connectivity index (χ1v) is 9.75. The van der Waals surface area contributed by atoms with Crippen LogP contribution in [0.3, 0.4) is 0 Å². The summed E-state index contributed by atoms with van der Waals surface area (Å²) in [6.45, 7) is 4.44. The van der Waals surface area contributed by atoms with E-state index in [0.717, 1.165) is 36.2 Å². The van der Waals surface area contributed by atoms with Gasteiger partial charge >= 0.3 is 0 Å². The van der Waals surface area contributed by atoms with Crippen LogP contribution in [-0.4, -0.2) is 34.8 Å². The molecule has 1 aromatic carbocycles. The number of halogens is 1. The molecule has 6 heteroatoms. The lowest BCUT2D eigenvalue weighted by atomic mass is 9.83. The van der Waals surface area contributed by atoms with Crippen molar-refractivity contribution in [3.63, 3.8) is 0 Å². The average molecular weight is 381 g/mol. The molecule has 1 N–H and O–H groups in total. The van der Waals surface area contributed by atoms with Crippen LogP contribution in [0.1, 0.15) is 45.2 Å². The fraction of sp³-hybridized carbons (Fsp3) is 0.409. The Morgan fingerprint density at radius 1 is 1.32 bits per heavy atom. The van der Waals surface area contributed by atoms with Gasteiger partial charge in [0.15, 0.2) is 0 Å². The molecule has 4 rings (SSSR count). The third-order valence-electron chi connectivity index (χ3n) is 5.40. The van der Waals surface area contributed by atoms with Crippen LogP contribution < -0.4 is 10.1 Å². The number of carbonyl (C=O) groups is 1. The van der Waals surface area contributed by atoms with E-state index in [-0.39, 0.29) is 23.3 Å². The van der Waals surface area contributed by atoms with Crippen LogP contribution in [0.5, 0.6) is 5.75 Å². The number of hydrogen-bond acceptors (Lipinski definition) is 4. The van der Waals surface area contributed by atoms with Crippen molar-refractivity contribution in [1.29, 1.82) is 0 Å². The largest absolute Gasteiger partial charge is 0.494 e. The lowest BCUT2D eigenvalue weighted by Gasteiger charge is -2.34. The maximum atomic E-state index is 14.4. The summed E-state index contributed by atoms with van der Waals surface area (Å²) in [4.78, 5) is 21.4. The topological polar surface area (TPSA) is 63.6 Å². The zero-order chi connectivity index (χ0) is 19.7. The smallest absolute Gasteiger partial charge is 0.222 e. The van der Waals surface area contributed by atoms with Crippen molar-refractivity contribution in [2.75, 3.05) is 6.61 Å². The Labute approximate surface area is 164 Å². The third kappa shape index (κ3) is 3.63. The molecular formula is C22H24FN3O2. The van der Waals surface area contributed by atoms with Gasteiger partial charge in [-0.05, 0) is 69.0 Å². The van der Waals surface area contributed by atoms with E-state index in [9.17, 15) is 9.18 Å². The van der Waals surface area contributed by atoms with Crippen molar-refractivity contribution in [3.8, 4) is 16.9 Å². The van der Waals surface area contributed by atoms with Crippen LogP contribution >= 0.6 is 0 Å². The van der Waals surface area contributed by atoms with Gasteiger partial charge in [-0.1, -0.05) is 0 Å². The molecule has 3 heterocycles. The summed E-state index contributed by atoms with van der Waals surface area (Å²) < 4.78 is 19.9. The van der Waals surface area contributed by atoms with Gasteiger partial charge in [-0.15, -0.1) is 0 Å². The van der Waals surface area contributed by atoms with Crippen molar-refractivity contribution in [1.82, 2.24) is 10.3 Å². The second-order valence-corrected chi connectivity index (χ2v) is 7.64. The van der Waals surface area contributed by atoms with E-state index in [0.29, 0.717) is 24.3 Å². The molecule has 1 saturated heterocycles. The van der Waals surface area contributed by atoms with Crippen molar-refractivity contribution in [3.05, 3.63) is 48.0 Å². The van der Waals surface area contributed by atoms with Crippen LogP contribution in [0.2, 0.25) is 0 Å². The lowest BCUT2D eigenvalue weighted by molar-refractivity contribution is -0.124. The summed E-state index contributed by atoms with van der Waals surface area (Å²) in [6.07, 6.45) is 4.57. The van der Waals surface area contributed by atoms with Gasteiger partial charge < -0.3 is 10.1 Å². The fourth-order valence-electron chi connectivity index (χ4n) is 4.27. The number of nitrogens with zero attached hydrogens (tertiary/aromatic N) is 2. The van der Waals surface area contributed by atoms with Gasteiger partial charge in [0.25, 0.3) is 0 Å². The first kappa shape index (κ1) is 18.6. The molecule has 0 bridgehead atoms. The second-order valence-electron chi connectivity index (χ2n) is 7.64. The maximum absolute atomic E-state index is 14.4. The highest BCUT2D eigenvalue weighted by molar-refractivity contribution is 6.01. The zero-order valence-corrected chi connectivity index (χ0v) is 16.2. The number of piperidine rings is 1. The molecule has 146 valence electrons. The molecule has 1 amide bonds. The summed E-state index contributed by atoms with van der Waals surface area (Å²) in [5.74, 6) is 0.389. The monoisotopic (exact) mass is 381 g/mol. The minimum absolute atomic E-state index is 0.0558. The van der Waals surface area contributed by atoms with Crippen LogP contribution in [0.25, 0.3) is 11.1 Å². The minimum Gasteiger partial charge on any atom is -0.494 e. The van der Waals surface area contributed by atoms with E-state index >= 15 is 0 Å². The van der Waals surface area contributed by atoms with Crippen LogP contribution in [-0.2, 0) is 4.79 Å². The van der Waals surface area contributed by atoms with Crippen LogP contribution in [0.4, 0.5) is 4.39 Å². The Kier molecular flexibility index (Phi) is 4.87. The molecule has 2 aliphatic heterocycles. The Bertz CT molecular complexity index is 943. The standard InChI is InChI=1S/C22H24FN3O2/c1-3-28-16-4-5-18(23)17(11-16)15-7-9-24-20(10-15)19-6-8-22(26-19)12-14(2)25-21(27)13-22/h4-5,7,9-11,14H,3,6,8,12-13H2,1-2H3,(H,25,27)/t14-,22?/m0/s1. The van der Waals surface area contributed by atoms with Crippen LogP contribution in [0, 0.1) is 5.82 Å². The molecule has 2 aliphatic rings. The lowest BCUT2D eigenvalue weighted by Crippen LogP contribution is -2.48. The highest BCUT2D eigenvalue weighted by Gasteiger charge is 2.42. The van der Waals surface area contributed by atoms with Crippen molar-refractivity contribution in [2.24, 2.45) is 4.99 Å². The zero-order valence-electron chi connectivity index (χ0n) is 16.2. The highest BCUT2D eigenvalue weighted by Crippen LogP contribution is 2.38. The Morgan fingerprint density at radius 2 is 2.18 bits per heavy atom.